The van der Waals surface area contributed by atoms with E-state index in [0.717, 1.165) is 25.2 Å². The molecule has 1 unspecified atom stereocenters. The zero-order chi connectivity index (χ0) is 20.6. The molecular formula is C21H35IN6O. The van der Waals surface area contributed by atoms with Crippen molar-refractivity contribution < 1.29 is 5.11 Å². The highest BCUT2D eigenvalue weighted by Crippen LogP contribution is 2.18. The van der Waals surface area contributed by atoms with Crippen LogP contribution in [0.4, 0.5) is 0 Å². The van der Waals surface area contributed by atoms with Gasteiger partial charge < -0.3 is 20.6 Å². The van der Waals surface area contributed by atoms with Gasteiger partial charge in [-0.1, -0.05) is 31.2 Å². The van der Waals surface area contributed by atoms with Gasteiger partial charge in [0, 0.05) is 31.9 Å². The molecule has 3 N–H and O–H groups in total. The summed E-state index contributed by atoms with van der Waals surface area (Å²) in [5.74, 6) is 0.683. The number of hydrogen-bond acceptors (Lipinski definition) is 4. The van der Waals surface area contributed by atoms with Gasteiger partial charge in [0.1, 0.15) is 5.60 Å². The van der Waals surface area contributed by atoms with Crippen LogP contribution in [0.2, 0.25) is 0 Å². The van der Waals surface area contributed by atoms with Gasteiger partial charge in [-0.15, -0.1) is 24.0 Å². The molecule has 162 valence electrons. The monoisotopic (exact) mass is 514 g/mol. The number of aliphatic imine (C=N–C) groups is 1. The predicted molar refractivity (Wildman–Crippen MR) is 129 cm³/mol. The van der Waals surface area contributed by atoms with Gasteiger partial charge in [-0.3, -0.25) is 4.68 Å². The van der Waals surface area contributed by atoms with Crippen molar-refractivity contribution in [3.63, 3.8) is 0 Å². The molecule has 8 heteroatoms. The number of aliphatic hydroxyl groups is 1. The molecule has 29 heavy (non-hydrogen) atoms. The first-order valence-corrected chi connectivity index (χ1v) is 9.84. The molecule has 0 aliphatic rings. The van der Waals surface area contributed by atoms with Crippen LogP contribution in [0.1, 0.15) is 37.5 Å². The van der Waals surface area contributed by atoms with Crippen LogP contribution in [-0.4, -0.2) is 52.4 Å². The molecule has 0 spiro atoms. The molecule has 2 rings (SSSR count). The minimum atomic E-state index is -1.03. The lowest BCUT2D eigenvalue weighted by Gasteiger charge is -2.23. The number of aromatic nitrogens is 2. The zero-order valence-electron chi connectivity index (χ0n) is 18.1. The van der Waals surface area contributed by atoms with Gasteiger partial charge in [0.05, 0.1) is 19.3 Å². The number of nitrogens with zero attached hydrogens (tertiary/aromatic N) is 4. The SMILES string of the molecule is CCNC(=NCc1cccc(CN(C)CC)c1)NCC(C)(O)c1cnn(C)c1.I. The minimum absolute atomic E-state index is 0. The molecule has 0 saturated carbocycles. The second kappa shape index (κ2) is 12.1. The average molecular weight is 514 g/mol. The average Bonchev–Trinajstić information content (AvgIpc) is 3.11. The second-order valence-electron chi connectivity index (χ2n) is 7.38. The summed E-state index contributed by atoms with van der Waals surface area (Å²) < 4.78 is 1.69. The van der Waals surface area contributed by atoms with Crippen molar-refractivity contribution in [1.82, 2.24) is 25.3 Å². The third-order valence-corrected chi connectivity index (χ3v) is 4.67. The lowest BCUT2D eigenvalue weighted by molar-refractivity contribution is 0.0616. The highest BCUT2D eigenvalue weighted by atomic mass is 127. The molecule has 7 nitrogen and oxygen atoms in total. The van der Waals surface area contributed by atoms with Crippen LogP contribution in [0.3, 0.4) is 0 Å². The summed E-state index contributed by atoms with van der Waals surface area (Å²) in [4.78, 5) is 6.95. The highest BCUT2D eigenvalue weighted by molar-refractivity contribution is 14.0. The van der Waals surface area contributed by atoms with Crippen LogP contribution in [0.25, 0.3) is 0 Å². The Morgan fingerprint density at radius 1 is 1.28 bits per heavy atom. The minimum Gasteiger partial charge on any atom is -0.383 e. The quantitative estimate of drug-likeness (QED) is 0.272. The smallest absolute Gasteiger partial charge is 0.191 e. The normalized spacial score (nSPS) is 13.7. The van der Waals surface area contributed by atoms with Crippen LogP contribution in [0.15, 0.2) is 41.7 Å². The van der Waals surface area contributed by atoms with E-state index >= 15 is 0 Å². The Hall–Kier alpha value is -1.65. The van der Waals surface area contributed by atoms with Crippen LogP contribution in [-0.2, 0) is 25.7 Å². The van der Waals surface area contributed by atoms with Gasteiger partial charge in [0.25, 0.3) is 0 Å². The van der Waals surface area contributed by atoms with E-state index in [1.807, 2.05) is 20.2 Å². The zero-order valence-corrected chi connectivity index (χ0v) is 20.5. The van der Waals surface area contributed by atoms with E-state index in [2.05, 4.69) is 63.9 Å². The molecule has 0 amide bonds. The Balaban J connectivity index is 0.00000420. The van der Waals surface area contributed by atoms with Gasteiger partial charge in [-0.2, -0.15) is 5.10 Å². The van der Waals surface area contributed by atoms with E-state index in [1.54, 1.807) is 17.8 Å². The molecule has 0 bridgehead atoms. The van der Waals surface area contributed by atoms with Crippen LogP contribution >= 0.6 is 24.0 Å². The number of aryl methyl sites for hydroxylation is 1. The fourth-order valence-corrected chi connectivity index (χ4v) is 2.82. The molecule has 1 atom stereocenters. The molecule has 0 aliphatic heterocycles. The number of halogens is 1. The molecular weight excluding hydrogens is 479 g/mol. The van der Waals surface area contributed by atoms with Crippen molar-refractivity contribution >= 4 is 29.9 Å². The van der Waals surface area contributed by atoms with Gasteiger partial charge in [-0.25, -0.2) is 4.99 Å². The highest BCUT2D eigenvalue weighted by Gasteiger charge is 2.24. The number of rotatable bonds is 9. The lowest BCUT2D eigenvalue weighted by atomic mass is 10.00. The Bertz CT molecular complexity index is 774. The summed E-state index contributed by atoms with van der Waals surface area (Å²) >= 11 is 0. The summed E-state index contributed by atoms with van der Waals surface area (Å²) in [5, 5.41) is 21.4. The van der Waals surface area contributed by atoms with Crippen molar-refractivity contribution in [1.29, 1.82) is 0 Å². The van der Waals surface area contributed by atoms with E-state index in [4.69, 9.17) is 0 Å². The first-order chi connectivity index (χ1) is 13.3. The number of guanidine groups is 1. The first-order valence-electron chi connectivity index (χ1n) is 9.84. The Kier molecular flexibility index (Phi) is 10.6. The number of hydrogen-bond donors (Lipinski definition) is 3. The summed E-state index contributed by atoms with van der Waals surface area (Å²) in [6, 6.07) is 8.52. The van der Waals surface area contributed by atoms with Gasteiger partial charge in [0.15, 0.2) is 5.96 Å². The third kappa shape index (κ3) is 8.31. The van der Waals surface area contributed by atoms with Crippen LogP contribution < -0.4 is 10.6 Å². The van der Waals surface area contributed by atoms with Gasteiger partial charge in [-0.05, 0) is 38.6 Å². The summed E-state index contributed by atoms with van der Waals surface area (Å²) in [6.45, 7) is 9.57. The number of benzene rings is 1. The maximum Gasteiger partial charge on any atom is 0.191 e. The third-order valence-electron chi connectivity index (χ3n) is 4.67. The predicted octanol–water partition coefficient (Wildman–Crippen LogP) is 2.45. The summed E-state index contributed by atoms with van der Waals surface area (Å²) in [5.41, 5.74) is 2.19. The largest absolute Gasteiger partial charge is 0.383 e. The lowest BCUT2D eigenvalue weighted by Crippen LogP contribution is -2.44. The molecule has 0 fully saturated rings. The van der Waals surface area contributed by atoms with Crippen molar-refractivity contribution in [2.45, 2.75) is 39.5 Å². The topological polar surface area (TPSA) is 77.7 Å². The maximum atomic E-state index is 10.7. The van der Waals surface area contributed by atoms with E-state index in [0.29, 0.717) is 19.0 Å². The van der Waals surface area contributed by atoms with Crippen molar-refractivity contribution in [3.05, 3.63) is 53.3 Å². The summed E-state index contributed by atoms with van der Waals surface area (Å²) in [7, 11) is 3.96. The molecule has 1 aromatic heterocycles. The van der Waals surface area contributed by atoms with Gasteiger partial charge >= 0.3 is 0 Å². The molecule has 0 aliphatic carbocycles. The van der Waals surface area contributed by atoms with Crippen molar-refractivity contribution in [2.75, 3.05) is 26.7 Å². The van der Waals surface area contributed by atoms with E-state index in [1.165, 1.54) is 11.1 Å². The second-order valence-corrected chi connectivity index (χ2v) is 7.38. The maximum absolute atomic E-state index is 10.7. The summed E-state index contributed by atoms with van der Waals surface area (Å²) in [6.07, 6.45) is 3.51. The fourth-order valence-electron chi connectivity index (χ4n) is 2.82. The Morgan fingerprint density at radius 2 is 2.00 bits per heavy atom. The van der Waals surface area contributed by atoms with Crippen LogP contribution in [0.5, 0.6) is 0 Å². The molecule has 2 aromatic rings. The van der Waals surface area contributed by atoms with Crippen molar-refractivity contribution in [2.24, 2.45) is 12.0 Å². The van der Waals surface area contributed by atoms with E-state index < -0.39 is 5.60 Å². The van der Waals surface area contributed by atoms with E-state index in [9.17, 15) is 5.11 Å². The van der Waals surface area contributed by atoms with E-state index in [-0.39, 0.29) is 24.0 Å². The fraction of sp³-hybridized carbons (Fsp3) is 0.524. The van der Waals surface area contributed by atoms with Crippen molar-refractivity contribution in [3.8, 4) is 0 Å². The standard InChI is InChI=1S/C21H34N6O.HI/c1-6-22-20(24-16-21(3,28)19-13-25-27(5)15-19)23-12-17-9-8-10-18(11-17)14-26(4)7-2;/h8-11,13,15,28H,6-7,12,14,16H2,1-5H3,(H2,22,23,24);1H. The molecule has 1 heterocycles. The molecule has 1 aromatic carbocycles. The first kappa shape index (κ1) is 25.4. The van der Waals surface area contributed by atoms with Gasteiger partial charge in [0.2, 0.25) is 0 Å². The van der Waals surface area contributed by atoms with Crippen LogP contribution in [0, 0.1) is 0 Å². The number of nitrogens with one attached hydrogen (secondary N) is 2. The Labute approximate surface area is 191 Å². The molecule has 0 radical (unpaired) electrons. The Morgan fingerprint density at radius 3 is 2.62 bits per heavy atom. The molecule has 0 saturated heterocycles.